The van der Waals surface area contributed by atoms with Crippen LogP contribution < -0.4 is 0 Å². The maximum atomic E-state index is 12.1. The van der Waals surface area contributed by atoms with Crippen LogP contribution in [0.4, 0.5) is 0 Å². The first-order valence-corrected chi connectivity index (χ1v) is 5.51. The third kappa shape index (κ3) is 2.09. The van der Waals surface area contributed by atoms with E-state index in [1.165, 1.54) is 0 Å². The Morgan fingerprint density at radius 3 is 3.00 bits per heavy atom. The van der Waals surface area contributed by atoms with E-state index < -0.39 is 5.60 Å². The van der Waals surface area contributed by atoms with Gasteiger partial charge in [-0.25, -0.2) is 0 Å². The van der Waals surface area contributed by atoms with Crippen molar-refractivity contribution >= 4 is 5.91 Å². The first kappa shape index (κ1) is 11.1. The largest absolute Gasteiger partial charge is 0.388 e. The maximum absolute atomic E-state index is 12.1. The van der Waals surface area contributed by atoms with Crippen LogP contribution in [0.2, 0.25) is 0 Å². The quantitative estimate of drug-likeness (QED) is 0.736. The van der Waals surface area contributed by atoms with Crippen LogP contribution in [0.1, 0.15) is 35.8 Å². The van der Waals surface area contributed by atoms with Gasteiger partial charge in [0.15, 0.2) is 0 Å². The van der Waals surface area contributed by atoms with Crippen molar-refractivity contribution in [2.45, 2.75) is 32.3 Å². The lowest BCUT2D eigenvalue weighted by Crippen LogP contribution is -2.48. The Morgan fingerprint density at radius 1 is 1.69 bits per heavy atom. The van der Waals surface area contributed by atoms with E-state index >= 15 is 0 Å². The van der Waals surface area contributed by atoms with Gasteiger partial charge in [-0.15, -0.1) is 0 Å². The fourth-order valence-electron chi connectivity index (χ4n) is 2.13. The van der Waals surface area contributed by atoms with Crippen LogP contribution >= 0.6 is 0 Å². The standard InChI is InChI=1S/C11H17N3O2/c1-8-9(6-12-13-8)10(15)14-5-3-4-11(2,16)7-14/h6,16H,3-5,7H2,1-2H3,(H,12,13). The Hall–Kier alpha value is -1.36. The number of rotatable bonds is 1. The zero-order chi connectivity index (χ0) is 11.8. The second kappa shape index (κ2) is 3.90. The number of carbonyl (C=O) groups excluding carboxylic acids is 1. The van der Waals surface area contributed by atoms with Gasteiger partial charge in [-0.3, -0.25) is 9.89 Å². The number of aromatic nitrogens is 2. The molecule has 0 spiro atoms. The average molecular weight is 223 g/mol. The molecule has 1 fully saturated rings. The van der Waals surface area contributed by atoms with Crippen molar-refractivity contribution in [1.29, 1.82) is 0 Å². The molecule has 0 radical (unpaired) electrons. The molecule has 1 amide bonds. The van der Waals surface area contributed by atoms with Gasteiger partial charge in [0.1, 0.15) is 0 Å². The van der Waals surface area contributed by atoms with Gasteiger partial charge in [0, 0.05) is 18.8 Å². The highest BCUT2D eigenvalue weighted by Gasteiger charge is 2.31. The summed E-state index contributed by atoms with van der Waals surface area (Å²) >= 11 is 0. The molecule has 0 aliphatic carbocycles. The van der Waals surface area contributed by atoms with Crippen molar-refractivity contribution in [3.05, 3.63) is 17.5 Å². The van der Waals surface area contributed by atoms with Crippen molar-refractivity contribution in [2.24, 2.45) is 0 Å². The van der Waals surface area contributed by atoms with Crippen LogP contribution in [0, 0.1) is 6.92 Å². The first-order chi connectivity index (χ1) is 7.49. The fraction of sp³-hybridized carbons (Fsp3) is 0.636. The highest BCUT2D eigenvalue weighted by molar-refractivity contribution is 5.95. The summed E-state index contributed by atoms with van der Waals surface area (Å²) in [6, 6.07) is 0. The number of likely N-dealkylation sites (tertiary alicyclic amines) is 1. The number of amides is 1. The molecule has 1 unspecified atom stereocenters. The molecule has 88 valence electrons. The number of nitrogens with zero attached hydrogens (tertiary/aromatic N) is 2. The van der Waals surface area contributed by atoms with Crippen LogP contribution in [0.25, 0.3) is 0 Å². The lowest BCUT2D eigenvalue weighted by molar-refractivity contribution is -0.0107. The van der Waals surface area contributed by atoms with Crippen molar-refractivity contribution in [3.63, 3.8) is 0 Å². The molecule has 0 saturated carbocycles. The predicted octanol–water partition coefficient (Wildman–Crippen LogP) is 0.705. The van der Waals surface area contributed by atoms with E-state index in [1.54, 1.807) is 18.0 Å². The summed E-state index contributed by atoms with van der Waals surface area (Å²) in [7, 11) is 0. The molecule has 0 bridgehead atoms. The van der Waals surface area contributed by atoms with Crippen LogP contribution in [0.3, 0.4) is 0 Å². The van der Waals surface area contributed by atoms with E-state index in [2.05, 4.69) is 10.2 Å². The van der Waals surface area contributed by atoms with Gasteiger partial charge in [-0.1, -0.05) is 0 Å². The second-order valence-corrected chi connectivity index (χ2v) is 4.74. The Morgan fingerprint density at radius 2 is 2.44 bits per heavy atom. The molecule has 1 aliphatic rings. The van der Waals surface area contributed by atoms with E-state index in [9.17, 15) is 9.90 Å². The fourth-order valence-corrected chi connectivity index (χ4v) is 2.13. The number of piperidine rings is 1. The van der Waals surface area contributed by atoms with Crippen LogP contribution in [-0.4, -0.2) is 44.8 Å². The van der Waals surface area contributed by atoms with Gasteiger partial charge in [-0.05, 0) is 26.7 Å². The van der Waals surface area contributed by atoms with Crippen LogP contribution in [0.15, 0.2) is 6.20 Å². The van der Waals surface area contributed by atoms with E-state index in [0.29, 0.717) is 18.7 Å². The Balaban J connectivity index is 2.14. The van der Waals surface area contributed by atoms with E-state index in [1.807, 2.05) is 6.92 Å². The van der Waals surface area contributed by atoms with E-state index in [-0.39, 0.29) is 5.91 Å². The Bertz CT molecular complexity index is 398. The van der Waals surface area contributed by atoms with Gasteiger partial charge in [0.2, 0.25) is 0 Å². The minimum Gasteiger partial charge on any atom is -0.388 e. The summed E-state index contributed by atoms with van der Waals surface area (Å²) in [6.45, 7) is 4.70. The number of hydrogen-bond acceptors (Lipinski definition) is 3. The van der Waals surface area contributed by atoms with Crippen LogP contribution in [0.5, 0.6) is 0 Å². The molecule has 1 aromatic rings. The topological polar surface area (TPSA) is 69.2 Å². The minimum atomic E-state index is -0.758. The first-order valence-electron chi connectivity index (χ1n) is 5.51. The summed E-state index contributed by atoms with van der Waals surface area (Å²) in [5.74, 6) is -0.0498. The van der Waals surface area contributed by atoms with E-state index in [4.69, 9.17) is 0 Å². The molecular formula is C11H17N3O2. The van der Waals surface area contributed by atoms with Gasteiger partial charge >= 0.3 is 0 Å². The predicted molar refractivity (Wildman–Crippen MR) is 59.1 cm³/mol. The molecule has 1 aliphatic heterocycles. The number of aromatic amines is 1. The smallest absolute Gasteiger partial charge is 0.257 e. The van der Waals surface area contributed by atoms with Crippen molar-refractivity contribution in [1.82, 2.24) is 15.1 Å². The summed E-state index contributed by atoms with van der Waals surface area (Å²) in [4.78, 5) is 13.8. The third-order valence-electron chi connectivity index (χ3n) is 3.02. The average Bonchev–Trinajstić information content (AvgIpc) is 2.62. The zero-order valence-corrected chi connectivity index (χ0v) is 9.66. The molecule has 2 rings (SSSR count). The normalized spacial score (nSPS) is 25.8. The molecule has 0 aromatic carbocycles. The Labute approximate surface area is 94.5 Å². The molecule has 2 heterocycles. The summed E-state index contributed by atoms with van der Waals surface area (Å²) in [5, 5.41) is 16.5. The molecule has 2 N–H and O–H groups in total. The molecule has 1 atom stereocenters. The zero-order valence-electron chi connectivity index (χ0n) is 9.66. The van der Waals surface area contributed by atoms with Gasteiger partial charge in [0.25, 0.3) is 5.91 Å². The highest BCUT2D eigenvalue weighted by Crippen LogP contribution is 2.22. The lowest BCUT2D eigenvalue weighted by Gasteiger charge is -2.36. The van der Waals surface area contributed by atoms with Gasteiger partial charge in [-0.2, -0.15) is 5.10 Å². The van der Waals surface area contributed by atoms with Crippen LogP contribution in [-0.2, 0) is 0 Å². The molecule has 5 heteroatoms. The van der Waals surface area contributed by atoms with Crippen molar-refractivity contribution < 1.29 is 9.90 Å². The molecular weight excluding hydrogens is 206 g/mol. The number of H-pyrrole nitrogens is 1. The van der Waals surface area contributed by atoms with Gasteiger partial charge in [0.05, 0.1) is 17.4 Å². The monoisotopic (exact) mass is 223 g/mol. The Kier molecular flexibility index (Phi) is 2.71. The highest BCUT2D eigenvalue weighted by atomic mass is 16.3. The number of β-amino-alcohol motifs (C(OH)–C–C–N with tert-alkyl or cyclic N) is 1. The maximum Gasteiger partial charge on any atom is 0.257 e. The summed E-state index contributed by atoms with van der Waals surface area (Å²) in [5.41, 5.74) is 0.610. The van der Waals surface area contributed by atoms with Gasteiger partial charge < -0.3 is 10.0 Å². The number of aliphatic hydroxyl groups is 1. The van der Waals surface area contributed by atoms with Crippen molar-refractivity contribution in [2.75, 3.05) is 13.1 Å². The van der Waals surface area contributed by atoms with E-state index in [0.717, 1.165) is 18.5 Å². The lowest BCUT2D eigenvalue weighted by atomic mass is 9.95. The molecule has 5 nitrogen and oxygen atoms in total. The summed E-state index contributed by atoms with van der Waals surface area (Å²) < 4.78 is 0. The second-order valence-electron chi connectivity index (χ2n) is 4.74. The molecule has 1 saturated heterocycles. The number of nitrogens with one attached hydrogen (secondary N) is 1. The number of hydrogen-bond donors (Lipinski definition) is 2. The third-order valence-corrected chi connectivity index (χ3v) is 3.02. The SMILES string of the molecule is Cc1[nH]ncc1C(=O)N1CCCC(C)(O)C1. The molecule has 1 aromatic heterocycles. The molecule has 16 heavy (non-hydrogen) atoms. The van der Waals surface area contributed by atoms with Crippen molar-refractivity contribution in [3.8, 4) is 0 Å². The summed E-state index contributed by atoms with van der Waals surface area (Å²) in [6.07, 6.45) is 3.14. The number of carbonyl (C=O) groups is 1. The minimum absolute atomic E-state index is 0.0498. The number of aryl methyl sites for hydroxylation is 1.